The number of hydrogen-bond donors (Lipinski definition) is 1. The van der Waals surface area contributed by atoms with E-state index in [1.807, 2.05) is 0 Å². The molecule has 0 bridgehead atoms. The first-order chi connectivity index (χ1) is 11.3. The van der Waals surface area contributed by atoms with Gasteiger partial charge in [-0.15, -0.1) is 0 Å². The molecular weight excluding hydrogens is 316 g/mol. The lowest BCUT2D eigenvalue weighted by molar-refractivity contribution is -0.384. The predicted octanol–water partition coefficient (Wildman–Crippen LogP) is 2.04. The molecular formula is C16H16N2O6. The van der Waals surface area contributed by atoms with Gasteiger partial charge in [0.2, 0.25) is 0 Å². The average molecular weight is 332 g/mol. The van der Waals surface area contributed by atoms with Gasteiger partial charge in [-0.3, -0.25) is 10.1 Å². The Balaban J connectivity index is 2.70. The van der Waals surface area contributed by atoms with Crippen LogP contribution in [0.4, 0.5) is 5.69 Å². The number of carboxylic acid groups (broad SMARTS) is 1. The molecule has 1 aromatic rings. The Labute approximate surface area is 137 Å². The molecule has 0 aromatic heterocycles. The number of carbonyl (C=O) groups is 2. The highest BCUT2D eigenvalue weighted by Crippen LogP contribution is 2.39. The van der Waals surface area contributed by atoms with Crippen LogP contribution in [0.3, 0.4) is 0 Å². The Morgan fingerprint density at radius 3 is 2.58 bits per heavy atom. The summed E-state index contributed by atoms with van der Waals surface area (Å²) in [6.45, 7) is 1.66. The number of nitrogens with zero attached hydrogens (tertiary/aromatic N) is 2. The molecule has 1 aliphatic heterocycles. The highest BCUT2D eigenvalue weighted by atomic mass is 16.6. The number of rotatable bonds is 4. The summed E-state index contributed by atoms with van der Waals surface area (Å²) in [5.41, 5.74) is 0.747. The number of carbonyl (C=O) groups excluding carboxylic acids is 1. The zero-order chi connectivity index (χ0) is 18.0. The molecule has 0 radical (unpaired) electrons. The van der Waals surface area contributed by atoms with E-state index in [2.05, 4.69) is 0 Å². The molecule has 0 saturated carbocycles. The summed E-state index contributed by atoms with van der Waals surface area (Å²) in [5, 5.41) is 20.5. The van der Waals surface area contributed by atoms with Crippen LogP contribution >= 0.6 is 0 Å². The topological polar surface area (TPSA) is 110 Å². The number of non-ortho nitro benzene ring substituents is 1. The van der Waals surface area contributed by atoms with E-state index < -0.39 is 22.8 Å². The average Bonchev–Trinajstić information content (AvgIpc) is 2.55. The Morgan fingerprint density at radius 1 is 1.38 bits per heavy atom. The van der Waals surface area contributed by atoms with E-state index in [0.717, 1.165) is 0 Å². The zero-order valence-corrected chi connectivity index (χ0v) is 13.3. The molecule has 2 rings (SSSR count). The third-order valence-corrected chi connectivity index (χ3v) is 3.92. The Kier molecular flexibility index (Phi) is 4.68. The highest BCUT2D eigenvalue weighted by Gasteiger charge is 2.36. The maximum absolute atomic E-state index is 12.2. The van der Waals surface area contributed by atoms with Crippen molar-refractivity contribution in [3.63, 3.8) is 0 Å². The number of benzene rings is 1. The van der Waals surface area contributed by atoms with E-state index in [-0.39, 0.29) is 16.8 Å². The number of esters is 1. The molecule has 0 aliphatic carbocycles. The van der Waals surface area contributed by atoms with Gasteiger partial charge < -0.3 is 14.7 Å². The van der Waals surface area contributed by atoms with Crippen LogP contribution in [0.15, 0.2) is 47.3 Å². The van der Waals surface area contributed by atoms with Crippen LogP contribution in [0.1, 0.15) is 18.4 Å². The molecule has 1 atom stereocenters. The van der Waals surface area contributed by atoms with Crippen molar-refractivity contribution in [2.24, 2.45) is 0 Å². The molecule has 1 aromatic carbocycles. The molecule has 1 heterocycles. The van der Waals surface area contributed by atoms with Crippen molar-refractivity contribution in [2.75, 3.05) is 14.2 Å². The molecule has 0 saturated heterocycles. The maximum atomic E-state index is 12.2. The first kappa shape index (κ1) is 17.2. The fourth-order valence-electron chi connectivity index (χ4n) is 2.65. The summed E-state index contributed by atoms with van der Waals surface area (Å²) < 4.78 is 4.79. The van der Waals surface area contributed by atoms with E-state index in [4.69, 9.17) is 4.74 Å². The Bertz CT molecular complexity index is 781. The van der Waals surface area contributed by atoms with E-state index >= 15 is 0 Å². The minimum absolute atomic E-state index is 0.0657. The van der Waals surface area contributed by atoms with Gasteiger partial charge >= 0.3 is 11.9 Å². The highest BCUT2D eigenvalue weighted by molar-refractivity contribution is 5.98. The number of allylic oxidation sites excluding steroid dienone is 1. The summed E-state index contributed by atoms with van der Waals surface area (Å²) in [6, 6.07) is 5.57. The van der Waals surface area contributed by atoms with E-state index in [1.54, 1.807) is 20.0 Å². The minimum atomic E-state index is -1.22. The van der Waals surface area contributed by atoms with Gasteiger partial charge in [0.15, 0.2) is 0 Å². The van der Waals surface area contributed by atoms with Gasteiger partial charge in [-0.2, -0.15) is 0 Å². The second-order valence-electron chi connectivity index (χ2n) is 5.28. The SMILES string of the molecule is COC(=O)C1=C(C)N(C)C=C(C(=O)O)C1c1cccc([N+](=O)[O-])c1. The van der Waals surface area contributed by atoms with Crippen molar-refractivity contribution in [1.29, 1.82) is 0 Å². The van der Waals surface area contributed by atoms with Crippen molar-refractivity contribution in [3.05, 3.63) is 63.0 Å². The third kappa shape index (κ3) is 2.98. The molecule has 126 valence electrons. The van der Waals surface area contributed by atoms with E-state index in [0.29, 0.717) is 11.3 Å². The quantitative estimate of drug-likeness (QED) is 0.510. The smallest absolute Gasteiger partial charge is 0.336 e. The van der Waals surface area contributed by atoms with Crippen LogP contribution in [-0.2, 0) is 14.3 Å². The number of aliphatic carboxylic acids is 1. The second-order valence-corrected chi connectivity index (χ2v) is 5.28. The Morgan fingerprint density at radius 2 is 2.04 bits per heavy atom. The first-order valence-electron chi connectivity index (χ1n) is 6.99. The predicted molar refractivity (Wildman–Crippen MR) is 84.0 cm³/mol. The number of carboxylic acids is 1. The van der Waals surface area contributed by atoms with Crippen molar-refractivity contribution in [1.82, 2.24) is 4.90 Å². The number of nitro benzene ring substituents is 1. The van der Waals surface area contributed by atoms with E-state index in [1.165, 1.54) is 36.4 Å². The number of methoxy groups -OCH3 is 1. The minimum Gasteiger partial charge on any atom is -0.478 e. The zero-order valence-electron chi connectivity index (χ0n) is 13.3. The third-order valence-electron chi connectivity index (χ3n) is 3.92. The van der Waals surface area contributed by atoms with Gasteiger partial charge in [0.25, 0.3) is 5.69 Å². The van der Waals surface area contributed by atoms with E-state index in [9.17, 15) is 24.8 Å². The lowest BCUT2D eigenvalue weighted by Crippen LogP contribution is -2.29. The van der Waals surface area contributed by atoms with Crippen molar-refractivity contribution in [2.45, 2.75) is 12.8 Å². The second kappa shape index (κ2) is 6.53. The van der Waals surface area contributed by atoms with Crippen LogP contribution in [-0.4, -0.2) is 41.0 Å². The lowest BCUT2D eigenvalue weighted by atomic mass is 9.81. The van der Waals surface area contributed by atoms with Gasteiger partial charge in [0.05, 0.1) is 29.1 Å². The van der Waals surface area contributed by atoms with Gasteiger partial charge in [-0.25, -0.2) is 9.59 Å². The molecule has 24 heavy (non-hydrogen) atoms. The van der Waals surface area contributed by atoms with Crippen molar-refractivity contribution < 1.29 is 24.4 Å². The van der Waals surface area contributed by atoms with Crippen molar-refractivity contribution >= 4 is 17.6 Å². The largest absolute Gasteiger partial charge is 0.478 e. The molecule has 8 nitrogen and oxygen atoms in total. The van der Waals surface area contributed by atoms with Crippen LogP contribution in [0.2, 0.25) is 0 Å². The van der Waals surface area contributed by atoms with Crippen LogP contribution in [0.5, 0.6) is 0 Å². The van der Waals surface area contributed by atoms with Crippen LogP contribution in [0, 0.1) is 10.1 Å². The number of ether oxygens (including phenoxy) is 1. The van der Waals surface area contributed by atoms with Gasteiger partial charge in [0.1, 0.15) is 0 Å². The fraction of sp³-hybridized carbons (Fsp3) is 0.250. The van der Waals surface area contributed by atoms with Gasteiger partial charge in [-0.1, -0.05) is 12.1 Å². The molecule has 1 unspecified atom stereocenters. The van der Waals surface area contributed by atoms with Crippen LogP contribution < -0.4 is 0 Å². The fourth-order valence-corrected chi connectivity index (χ4v) is 2.65. The summed E-state index contributed by atoms with van der Waals surface area (Å²) in [7, 11) is 2.82. The molecule has 1 aliphatic rings. The summed E-state index contributed by atoms with van der Waals surface area (Å²) in [5.74, 6) is -2.85. The molecule has 0 fully saturated rings. The molecule has 0 spiro atoms. The van der Waals surface area contributed by atoms with Crippen LogP contribution in [0.25, 0.3) is 0 Å². The molecule has 0 amide bonds. The first-order valence-corrected chi connectivity index (χ1v) is 6.99. The maximum Gasteiger partial charge on any atom is 0.336 e. The molecule has 1 N–H and O–H groups in total. The summed E-state index contributed by atoms with van der Waals surface area (Å²) in [4.78, 5) is 35.8. The van der Waals surface area contributed by atoms with Gasteiger partial charge in [-0.05, 0) is 12.5 Å². The number of hydrogen-bond acceptors (Lipinski definition) is 6. The van der Waals surface area contributed by atoms with Crippen molar-refractivity contribution in [3.8, 4) is 0 Å². The lowest BCUT2D eigenvalue weighted by Gasteiger charge is -2.31. The summed E-state index contributed by atoms with van der Waals surface area (Å²) in [6.07, 6.45) is 1.40. The standard InChI is InChI=1S/C16H16N2O6/c1-9-13(16(21)24-3)14(12(15(19)20)8-17(9)2)10-5-4-6-11(7-10)18(22)23/h4-8,14H,1-3H3,(H,19,20). The normalized spacial score (nSPS) is 17.4. The Hall–Kier alpha value is -3.16. The molecule has 8 heteroatoms. The van der Waals surface area contributed by atoms with Gasteiger partial charge in [0, 0.05) is 31.1 Å². The summed E-state index contributed by atoms with van der Waals surface area (Å²) >= 11 is 0. The number of nitro groups is 1. The monoisotopic (exact) mass is 332 g/mol.